The fraction of sp³-hybridized carbons (Fsp3) is 0.0667. The molecular weight excluding hydrogens is 427 g/mol. The van der Waals surface area contributed by atoms with Gasteiger partial charge in [0.05, 0.1) is 23.1 Å². The van der Waals surface area contributed by atoms with Crippen LogP contribution in [-0.4, -0.2) is 18.4 Å². The minimum absolute atomic E-state index is 0.00708. The highest BCUT2D eigenvalue weighted by molar-refractivity contribution is 7.92. The monoisotopic (exact) mass is 434 g/mol. The summed E-state index contributed by atoms with van der Waals surface area (Å²) >= 11 is 0.307. The number of alkyl halides is 3. The number of sulfonamides is 1. The summed E-state index contributed by atoms with van der Waals surface area (Å²) in [6.45, 7) is 0. The highest BCUT2D eigenvalue weighted by atomic mass is 32.2. The number of nitrogens with zero attached hydrogens (tertiary/aromatic N) is 2. The summed E-state index contributed by atoms with van der Waals surface area (Å²) in [5.74, 6) is -2.30. The van der Waals surface area contributed by atoms with Crippen LogP contribution in [0.3, 0.4) is 0 Å². The minimum Gasteiger partial charge on any atom is -0.358 e. The Labute approximate surface area is 158 Å². The van der Waals surface area contributed by atoms with E-state index >= 15 is 0 Å². The Morgan fingerprint density at radius 1 is 1.18 bits per heavy atom. The minimum atomic E-state index is -4.59. The van der Waals surface area contributed by atoms with Crippen molar-refractivity contribution in [1.29, 1.82) is 5.26 Å². The van der Waals surface area contributed by atoms with Gasteiger partial charge in [-0.1, -0.05) is 0 Å². The number of H-pyrrole nitrogens is 1. The number of nitriles is 1. The number of halogens is 5. The van der Waals surface area contributed by atoms with E-state index in [0.717, 1.165) is 12.3 Å². The van der Waals surface area contributed by atoms with E-state index in [2.05, 4.69) is 9.97 Å². The van der Waals surface area contributed by atoms with Gasteiger partial charge in [0.2, 0.25) is 0 Å². The van der Waals surface area contributed by atoms with Gasteiger partial charge in [-0.3, -0.25) is 4.72 Å². The van der Waals surface area contributed by atoms with E-state index in [0.29, 0.717) is 29.7 Å². The number of nitrogens with one attached hydrogen (secondary N) is 2. The molecule has 0 aliphatic heterocycles. The van der Waals surface area contributed by atoms with Gasteiger partial charge in [0, 0.05) is 12.3 Å². The third-order valence-electron chi connectivity index (χ3n) is 3.40. The molecule has 0 amide bonds. The first-order valence-electron chi connectivity index (χ1n) is 7.15. The van der Waals surface area contributed by atoms with E-state index in [1.54, 1.807) is 0 Å². The van der Waals surface area contributed by atoms with Crippen molar-refractivity contribution < 1.29 is 30.4 Å². The van der Waals surface area contributed by atoms with Crippen molar-refractivity contribution in [3.05, 3.63) is 52.7 Å². The van der Waals surface area contributed by atoms with Crippen LogP contribution in [0.2, 0.25) is 0 Å². The van der Waals surface area contributed by atoms with Crippen molar-refractivity contribution in [2.75, 3.05) is 4.72 Å². The standard InChI is InChI=1S/C15H7F5N4O2S2/c16-9-3-11(10(17)1-7(9)4-21)24-28(25,26)8-2-12(22-5-8)14-23-6-13(27-14)15(18,19)20/h1-3,5-6,22,24H. The van der Waals surface area contributed by atoms with Gasteiger partial charge in [-0.05, 0) is 12.1 Å². The van der Waals surface area contributed by atoms with E-state index in [1.807, 2.05) is 4.72 Å². The number of hydrogen-bond donors (Lipinski definition) is 2. The smallest absolute Gasteiger partial charge is 0.358 e. The number of anilines is 1. The predicted molar refractivity (Wildman–Crippen MR) is 88.8 cm³/mol. The second-order valence-corrected chi connectivity index (χ2v) is 8.02. The molecule has 0 saturated carbocycles. The quantitative estimate of drug-likeness (QED) is 0.604. The van der Waals surface area contributed by atoms with E-state index in [-0.39, 0.29) is 10.7 Å². The zero-order valence-corrected chi connectivity index (χ0v) is 14.9. The molecule has 3 rings (SSSR count). The van der Waals surface area contributed by atoms with Crippen molar-refractivity contribution in [2.24, 2.45) is 0 Å². The zero-order chi connectivity index (χ0) is 20.7. The Hall–Kier alpha value is -2.98. The van der Waals surface area contributed by atoms with Gasteiger partial charge < -0.3 is 4.98 Å². The summed E-state index contributed by atoms with van der Waals surface area (Å²) in [5, 5.41) is 8.53. The number of benzene rings is 1. The van der Waals surface area contributed by atoms with Gasteiger partial charge in [-0.25, -0.2) is 22.2 Å². The van der Waals surface area contributed by atoms with Crippen molar-refractivity contribution in [3.63, 3.8) is 0 Å². The average Bonchev–Trinajstić information content (AvgIpc) is 3.25. The third kappa shape index (κ3) is 3.82. The van der Waals surface area contributed by atoms with Crippen molar-refractivity contribution >= 4 is 27.0 Å². The van der Waals surface area contributed by atoms with Crippen LogP contribution in [0.4, 0.5) is 27.6 Å². The van der Waals surface area contributed by atoms with Crippen molar-refractivity contribution in [2.45, 2.75) is 11.1 Å². The zero-order valence-electron chi connectivity index (χ0n) is 13.3. The fourth-order valence-corrected chi connectivity index (χ4v) is 3.91. The molecule has 13 heteroatoms. The molecule has 28 heavy (non-hydrogen) atoms. The Kier molecular flexibility index (Phi) is 4.86. The maximum atomic E-state index is 13.9. The Balaban J connectivity index is 1.89. The molecule has 2 heterocycles. The molecule has 3 aromatic rings. The number of rotatable bonds is 4. The molecule has 146 valence electrons. The van der Waals surface area contributed by atoms with Gasteiger partial charge >= 0.3 is 6.18 Å². The van der Waals surface area contributed by atoms with Crippen LogP contribution in [0.5, 0.6) is 0 Å². The molecule has 0 bridgehead atoms. The summed E-state index contributed by atoms with van der Waals surface area (Å²) in [6, 6.07) is 3.45. The normalized spacial score (nSPS) is 12.0. The van der Waals surface area contributed by atoms with Crippen LogP contribution in [-0.2, 0) is 16.2 Å². The SMILES string of the molecule is N#Cc1cc(F)c(NS(=O)(=O)c2c[nH]c(-c3ncc(C(F)(F)F)s3)c2)cc1F. The van der Waals surface area contributed by atoms with Gasteiger partial charge in [-0.2, -0.15) is 18.4 Å². The van der Waals surface area contributed by atoms with Crippen molar-refractivity contribution in [3.8, 4) is 16.8 Å². The maximum absolute atomic E-state index is 13.9. The molecule has 0 spiro atoms. The van der Waals surface area contributed by atoms with Crippen LogP contribution in [0.1, 0.15) is 10.4 Å². The van der Waals surface area contributed by atoms with Crippen molar-refractivity contribution in [1.82, 2.24) is 9.97 Å². The van der Waals surface area contributed by atoms with Gasteiger partial charge in [0.15, 0.2) is 0 Å². The van der Waals surface area contributed by atoms with Crippen LogP contribution in [0, 0.1) is 23.0 Å². The summed E-state index contributed by atoms with van der Waals surface area (Å²) in [7, 11) is -4.40. The summed E-state index contributed by atoms with van der Waals surface area (Å²) in [4.78, 5) is 4.66. The summed E-state index contributed by atoms with van der Waals surface area (Å²) < 4.78 is 91.9. The van der Waals surface area contributed by atoms with Crippen LogP contribution < -0.4 is 4.72 Å². The van der Waals surface area contributed by atoms with Crippen LogP contribution in [0.15, 0.2) is 35.5 Å². The summed E-state index contributed by atoms with van der Waals surface area (Å²) in [6.07, 6.45) is -3.01. The molecule has 0 unspecified atom stereocenters. The molecule has 2 aromatic heterocycles. The van der Waals surface area contributed by atoms with Gasteiger partial charge in [0.25, 0.3) is 10.0 Å². The number of thiazole rings is 1. The molecular formula is C15H7F5N4O2S2. The molecule has 0 saturated heterocycles. The first kappa shape index (κ1) is 19.8. The Bertz CT molecular complexity index is 1190. The molecule has 0 radical (unpaired) electrons. The number of aromatic nitrogens is 2. The van der Waals surface area contributed by atoms with Crippen LogP contribution >= 0.6 is 11.3 Å². The molecule has 6 nitrogen and oxygen atoms in total. The van der Waals surface area contributed by atoms with Crippen LogP contribution in [0.25, 0.3) is 10.7 Å². The third-order valence-corrected chi connectivity index (χ3v) is 5.82. The maximum Gasteiger partial charge on any atom is 0.427 e. The Morgan fingerprint density at radius 2 is 1.89 bits per heavy atom. The number of aromatic amines is 1. The predicted octanol–water partition coefficient (Wildman–Crippen LogP) is 4.11. The largest absolute Gasteiger partial charge is 0.427 e. The second kappa shape index (κ2) is 6.88. The molecule has 0 aliphatic carbocycles. The first-order chi connectivity index (χ1) is 13.0. The lowest BCUT2D eigenvalue weighted by atomic mass is 10.2. The Morgan fingerprint density at radius 3 is 2.50 bits per heavy atom. The number of hydrogen-bond acceptors (Lipinski definition) is 5. The summed E-state index contributed by atoms with van der Waals surface area (Å²) in [5.41, 5.74) is -1.34. The lowest BCUT2D eigenvalue weighted by molar-refractivity contribution is -0.134. The highest BCUT2D eigenvalue weighted by Crippen LogP contribution is 2.36. The topological polar surface area (TPSA) is 98.6 Å². The van der Waals surface area contributed by atoms with E-state index in [1.165, 1.54) is 6.07 Å². The van der Waals surface area contributed by atoms with E-state index < -0.39 is 48.9 Å². The lowest BCUT2D eigenvalue weighted by Gasteiger charge is -2.08. The highest BCUT2D eigenvalue weighted by Gasteiger charge is 2.33. The molecule has 2 N–H and O–H groups in total. The van der Waals surface area contributed by atoms with E-state index in [4.69, 9.17) is 5.26 Å². The molecule has 1 aromatic carbocycles. The fourth-order valence-electron chi connectivity index (χ4n) is 2.10. The lowest BCUT2D eigenvalue weighted by Crippen LogP contribution is -2.13. The average molecular weight is 434 g/mol. The molecule has 0 atom stereocenters. The van der Waals surface area contributed by atoms with Gasteiger partial charge in [-0.15, -0.1) is 11.3 Å². The van der Waals surface area contributed by atoms with Gasteiger partial charge in [0.1, 0.15) is 32.5 Å². The first-order valence-corrected chi connectivity index (χ1v) is 9.45. The molecule has 0 aliphatic rings. The van der Waals surface area contributed by atoms with E-state index in [9.17, 15) is 30.4 Å². The molecule has 0 fully saturated rings. The second-order valence-electron chi connectivity index (χ2n) is 5.31.